The van der Waals surface area contributed by atoms with Crippen LogP contribution in [0.25, 0.3) is 0 Å². The molecule has 0 heterocycles. The number of ether oxygens (including phenoxy) is 1. The first-order valence-corrected chi connectivity index (χ1v) is 6.03. The molecule has 1 N–H and O–H groups in total. The number of hydrogen-bond acceptors (Lipinski definition) is 2. The van der Waals surface area contributed by atoms with Gasteiger partial charge in [0.05, 0.1) is 12.0 Å². The summed E-state index contributed by atoms with van der Waals surface area (Å²) in [5.74, 6) is 0.0938. The second-order valence-corrected chi connectivity index (χ2v) is 5.05. The van der Waals surface area contributed by atoms with Crippen molar-refractivity contribution < 1.29 is 14.6 Å². The van der Waals surface area contributed by atoms with Crippen LogP contribution >= 0.6 is 15.9 Å². The molecule has 0 atom stereocenters. The Kier molecular flexibility index (Phi) is 3.19. The monoisotopic (exact) mass is 284 g/mol. The van der Waals surface area contributed by atoms with E-state index in [1.165, 1.54) is 0 Å². The molecule has 2 rings (SSSR count). The number of carboxylic acid groups (broad SMARTS) is 1. The minimum Gasteiger partial charge on any atom is -0.494 e. The van der Waals surface area contributed by atoms with E-state index in [1.807, 2.05) is 24.3 Å². The molecule has 3 nitrogen and oxygen atoms in total. The quantitative estimate of drug-likeness (QED) is 0.904. The van der Waals surface area contributed by atoms with Gasteiger partial charge >= 0.3 is 5.97 Å². The lowest BCUT2D eigenvalue weighted by atomic mass is 10.0. The van der Waals surface area contributed by atoms with Gasteiger partial charge in [-0.1, -0.05) is 15.9 Å². The zero-order valence-electron chi connectivity index (χ0n) is 8.78. The van der Waals surface area contributed by atoms with Crippen molar-refractivity contribution >= 4 is 21.9 Å². The zero-order chi connectivity index (χ0) is 11.6. The lowest BCUT2D eigenvalue weighted by Crippen LogP contribution is -2.17. The molecular formula is C12H13BrO3. The summed E-state index contributed by atoms with van der Waals surface area (Å²) in [6.45, 7) is 0.466. The highest BCUT2D eigenvalue weighted by Crippen LogP contribution is 2.48. The summed E-state index contributed by atoms with van der Waals surface area (Å²) in [5, 5.41) is 8.98. The first kappa shape index (κ1) is 11.5. The van der Waals surface area contributed by atoms with Gasteiger partial charge in [-0.3, -0.25) is 4.79 Å². The van der Waals surface area contributed by atoms with Gasteiger partial charge in [0.2, 0.25) is 0 Å². The van der Waals surface area contributed by atoms with Gasteiger partial charge in [-0.15, -0.1) is 0 Å². The first-order chi connectivity index (χ1) is 7.62. The lowest BCUT2D eigenvalue weighted by Gasteiger charge is -2.10. The summed E-state index contributed by atoms with van der Waals surface area (Å²) in [4.78, 5) is 10.9. The van der Waals surface area contributed by atoms with E-state index in [0.29, 0.717) is 13.0 Å². The second kappa shape index (κ2) is 4.45. The molecule has 86 valence electrons. The van der Waals surface area contributed by atoms with Crippen LogP contribution in [-0.2, 0) is 4.79 Å². The van der Waals surface area contributed by atoms with Crippen molar-refractivity contribution in [1.29, 1.82) is 0 Å². The van der Waals surface area contributed by atoms with Gasteiger partial charge in [-0.25, -0.2) is 0 Å². The van der Waals surface area contributed by atoms with Crippen LogP contribution in [0.3, 0.4) is 0 Å². The van der Waals surface area contributed by atoms with Gasteiger partial charge in [0.15, 0.2) is 0 Å². The molecule has 0 spiro atoms. The smallest absolute Gasteiger partial charge is 0.309 e. The highest BCUT2D eigenvalue weighted by atomic mass is 79.9. The Morgan fingerprint density at radius 2 is 2.00 bits per heavy atom. The number of carbonyl (C=O) groups is 1. The number of carboxylic acids is 1. The Morgan fingerprint density at radius 3 is 2.50 bits per heavy atom. The molecule has 1 saturated carbocycles. The molecule has 4 heteroatoms. The summed E-state index contributed by atoms with van der Waals surface area (Å²) < 4.78 is 6.51. The van der Waals surface area contributed by atoms with Crippen LogP contribution in [-0.4, -0.2) is 17.7 Å². The molecule has 1 fully saturated rings. The largest absolute Gasteiger partial charge is 0.494 e. The van der Waals surface area contributed by atoms with Crippen molar-refractivity contribution in [3.8, 4) is 5.75 Å². The Morgan fingerprint density at radius 1 is 1.38 bits per heavy atom. The maximum absolute atomic E-state index is 10.9. The summed E-state index contributed by atoms with van der Waals surface area (Å²) in [6.07, 6.45) is 2.16. The molecular weight excluding hydrogens is 272 g/mol. The molecule has 0 bridgehead atoms. The Labute approximate surface area is 103 Å². The fraction of sp³-hybridized carbons (Fsp3) is 0.417. The third kappa shape index (κ3) is 2.55. The van der Waals surface area contributed by atoms with E-state index in [9.17, 15) is 4.79 Å². The Hall–Kier alpha value is -1.03. The summed E-state index contributed by atoms with van der Waals surface area (Å²) in [5.41, 5.74) is -0.491. The lowest BCUT2D eigenvalue weighted by molar-refractivity contribution is -0.143. The van der Waals surface area contributed by atoms with Crippen LogP contribution in [0.15, 0.2) is 28.7 Å². The van der Waals surface area contributed by atoms with Crippen molar-refractivity contribution in [1.82, 2.24) is 0 Å². The first-order valence-electron chi connectivity index (χ1n) is 5.24. The van der Waals surface area contributed by atoms with Crippen LogP contribution in [0.5, 0.6) is 5.75 Å². The molecule has 0 aliphatic heterocycles. The van der Waals surface area contributed by atoms with Crippen molar-refractivity contribution in [3.05, 3.63) is 28.7 Å². The van der Waals surface area contributed by atoms with Gasteiger partial charge in [0.25, 0.3) is 0 Å². The molecule has 0 aromatic heterocycles. The minimum atomic E-state index is -0.688. The van der Waals surface area contributed by atoms with Crippen LogP contribution in [0, 0.1) is 5.41 Å². The van der Waals surface area contributed by atoms with Gasteiger partial charge in [-0.2, -0.15) is 0 Å². The fourth-order valence-corrected chi connectivity index (χ4v) is 1.88. The molecule has 1 aliphatic rings. The van der Waals surface area contributed by atoms with E-state index >= 15 is 0 Å². The van der Waals surface area contributed by atoms with Crippen LogP contribution in [0.2, 0.25) is 0 Å². The standard InChI is InChI=1S/C12H13BrO3/c13-9-1-3-10(4-2-9)16-8-7-12(5-6-12)11(14)15/h1-4H,5-8H2,(H,14,15). The van der Waals surface area contributed by atoms with E-state index in [1.54, 1.807) is 0 Å². The van der Waals surface area contributed by atoms with Crippen molar-refractivity contribution in [2.45, 2.75) is 19.3 Å². The third-order valence-corrected chi connectivity index (χ3v) is 3.50. The van der Waals surface area contributed by atoms with E-state index in [-0.39, 0.29) is 0 Å². The van der Waals surface area contributed by atoms with Crippen LogP contribution in [0.4, 0.5) is 0 Å². The fourth-order valence-electron chi connectivity index (χ4n) is 1.62. The van der Waals surface area contributed by atoms with Crippen LogP contribution < -0.4 is 4.74 Å². The average molecular weight is 285 g/mol. The van der Waals surface area contributed by atoms with E-state index < -0.39 is 11.4 Å². The topological polar surface area (TPSA) is 46.5 Å². The summed E-state index contributed by atoms with van der Waals surface area (Å²) in [6, 6.07) is 7.54. The molecule has 1 aromatic carbocycles. The predicted molar refractivity (Wildman–Crippen MR) is 63.6 cm³/mol. The van der Waals surface area contributed by atoms with E-state index in [0.717, 1.165) is 23.1 Å². The highest BCUT2D eigenvalue weighted by Gasteiger charge is 2.49. The van der Waals surface area contributed by atoms with Crippen molar-refractivity contribution in [2.24, 2.45) is 5.41 Å². The maximum Gasteiger partial charge on any atom is 0.309 e. The second-order valence-electron chi connectivity index (χ2n) is 4.14. The minimum absolute atomic E-state index is 0.466. The molecule has 1 aliphatic carbocycles. The number of benzene rings is 1. The number of halogens is 1. The van der Waals surface area contributed by atoms with Gasteiger partial charge in [0.1, 0.15) is 5.75 Å². The number of hydrogen-bond donors (Lipinski definition) is 1. The predicted octanol–water partition coefficient (Wildman–Crippen LogP) is 3.08. The molecule has 0 amide bonds. The van der Waals surface area contributed by atoms with E-state index in [4.69, 9.17) is 9.84 Å². The SMILES string of the molecule is O=C(O)C1(CCOc2ccc(Br)cc2)CC1. The van der Waals surface area contributed by atoms with Crippen LogP contribution in [0.1, 0.15) is 19.3 Å². The van der Waals surface area contributed by atoms with Gasteiger partial charge in [-0.05, 0) is 43.5 Å². The molecule has 0 unspecified atom stereocenters. The average Bonchev–Trinajstić information content (AvgIpc) is 3.02. The molecule has 16 heavy (non-hydrogen) atoms. The maximum atomic E-state index is 10.9. The number of aliphatic carboxylic acids is 1. The van der Waals surface area contributed by atoms with Crippen molar-refractivity contribution in [2.75, 3.05) is 6.61 Å². The van der Waals surface area contributed by atoms with Gasteiger partial charge in [0, 0.05) is 4.47 Å². The molecule has 0 saturated heterocycles. The summed E-state index contributed by atoms with van der Waals surface area (Å²) >= 11 is 3.34. The molecule has 1 aromatic rings. The summed E-state index contributed by atoms with van der Waals surface area (Å²) in [7, 11) is 0. The van der Waals surface area contributed by atoms with Crippen molar-refractivity contribution in [3.63, 3.8) is 0 Å². The zero-order valence-corrected chi connectivity index (χ0v) is 10.4. The number of rotatable bonds is 5. The third-order valence-electron chi connectivity index (χ3n) is 2.97. The Bertz CT molecular complexity index is 382. The van der Waals surface area contributed by atoms with E-state index in [2.05, 4.69) is 15.9 Å². The van der Waals surface area contributed by atoms with Gasteiger partial charge < -0.3 is 9.84 Å². The highest BCUT2D eigenvalue weighted by molar-refractivity contribution is 9.10. The normalized spacial score (nSPS) is 16.8. The Balaban J connectivity index is 1.80. The molecule has 0 radical (unpaired) electrons.